The molecular formula is C21H24O8. The van der Waals surface area contributed by atoms with E-state index in [-0.39, 0.29) is 42.5 Å². The number of benzene rings is 2. The van der Waals surface area contributed by atoms with E-state index in [9.17, 15) is 4.79 Å². The first-order chi connectivity index (χ1) is 14.1. The van der Waals surface area contributed by atoms with Gasteiger partial charge in [0.15, 0.2) is 19.7 Å². The fourth-order valence-corrected chi connectivity index (χ4v) is 2.90. The summed E-state index contributed by atoms with van der Waals surface area (Å²) in [5.41, 5.74) is 1.14. The molecule has 3 rings (SSSR count). The summed E-state index contributed by atoms with van der Waals surface area (Å²) in [6.45, 7) is -0.0742. The van der Waals surface area contributed by atoms with Crippen molar-refractivity contribution in [2.75, 3.05) is 42.0 Å². The van der Waals surface area contributed by atoms with Crippen LogP contribution in [0.4, 0.5) is 0 Å². The zero-order valence-electron chi connectivity index (χ0n) is 16.8. The molecule has 1 heterocycles. The Bertz CT molecular complexity index is 804. The van der Waals surface area contributed by atoms with Crippen molar-refractivity contribution in [3.8, 4) is 23.0 Å². The predicted octanol–water partition coefficient (Wildman–Crippen LogP) is 2.99. The zero-order chi connectivity index (χ0) is 20.8. The number of methoxy groups -OCH3 is 4. The lowest BCUT2D eigenvalue weighted by atomic mass is 10.0. The number of carbonyl (C=O) groups is 1. The van der Waals surface area contributed by atoms with Crippen LogP contribution in [0.1, 0.15) is 22.0 Å². The Labute approximate surface area is 169 Å². The summed E-state index contributed by atoms with van der Waals surface area (Å²) in [4.78, 5) is 13.2. The molecule has 0 spiro atoms. The first-order valence-corrected chi connectivity index (χ1v) is 8.92. The quantitative estimate of drug-likeness (QED) is 0.321. The third-order valence-electron chi connectivity index (χ3n) is 4.38. The van der Waals surface area contributed by atoms with Gasteiger partial charge in [0.25, 0.3) is 0 Å². The Kier molecular flexibility index (Phi) is 6.92. The number of epoxide rings is 1. The lowest BCUT2D eigenvalue weighted by molar-refractivity contribution is 0.0439. The second-order valence-corrected chi connectivity index (χ2v) is 6.22. The smallest absolute Gasteiger partial charge is 0.202 e. The van der Waals surface area contributed by atoms with Crippen LogP contribution >= 0.6 is 0 Å². The van der Waals surface area contributed by atoms with Gasteiger partial charge in [0, 0.05) is 26.4 Å². The molecular weight excluding hydrogens is 380 g/mol. The van der Waals surface area contributed by atoms with Crippen molar-refractivity contribution in [2.45, 2.75) is 12.2 Å². The van der Waals surface area contributed by atoms with Gasteiger partial charge in [-0.25, -0.2) is 0 Å². The van der Waals surface area contributed by atoms with Gasteiger partial charge in [-0.1, -0.05) is 12.1 Å². The van der Waals surface area contributed by atoms with E-state index in [0.29, 0.717) is 5.75 Å². The summed E-state index contributed by atoms with van der Waals surface area (Å²) in [7, 11) is 6.10. The van der Waals surface area contributed by atoms with Crippen LogP contribution in [0.3, 0.4) is 0 Å². The molecule has 29 heavy (non-hydrogen) atoms. The van der Waals surface area contributed by atoms with Gasteiger partial charge in [0.1, 0.15) is 34.7 Å². The Morgan fingerprint density at radius 2 is 1.41 bits per heavy atom. The summed E-state index contributed by atoms with van der Waals surface area (Å²) in [6, 6.07) is 10.6. The van der Waals surface area contributed by atoms with Gasteiger partial charge in [0.05, 0.1) is 14.2 Å². The van der Waals surface area contributed by atoms with Crippen LogP contribution in [-0.2, 0) is 14.2 Å². The van der Waals surface area contributed by atoms with Crippen molar-refractivity contribution in [3.05, 3.63) is 47.5 Å². The maximum atomic E-state index is 13.2. The number of Topliss-reactive ketones (excluding diaryl/α,β-unsaturated/α-hetero) is 1. The van der Waals surface area contributed by atoms with E-state index in [2.05, 4.69) is 0 Å². The number of rotatable bonds is 11. The average Bonchev–Trinajstić information content (AvgIpc) is 3.56. The van der Waals surface area contributed by atoms with Crippen LogP contribution in [0, 0.1) is 0 Å². The first-order valence-electron chi connectivity index (χ1n) is 8.92. The summed E-state index contributed by atoms with van der Waals surface area (Å²) in [6.07, 6.45) is -0.993. The highest BCUT2D eigenvalue weighted by Gasteiger charge is 2.48. The molecule has 0 amide bonds. The second kappa shape index (κ2) is 9.60. The largest absolute Gasteiger partial charge is 0.497 e. The van der Waals surface area contributed by atoms with Crippen molar-refractivity contribution in [3.63, 3.8) is 0 Å². The fourth-order valence-electron chi connectivity index (χ4n) is 2.90. The number of ether oxygens (including phenoxy) is 7. The minimum absolute atomic E-state index is 0.0371. The van der Waals surface area contributed by atoms with Crippen LogP contribution in [0.5, 0.6) is 23.0 Å². The van der Waals surface area contributed by atoms with Crippen molar-refractivity contribution >= 4 is 5.78 Å². The molecule has 1 fully saturated rings. The SMILES string of the molecule is COCOc1cc(OC)cc(OCOC)c1C(=O)C1OC1c1ccc(OC)cc1. The Morgan fingerprint density at radius 1 is 0.862 bits per heavy atom. The lowest BCUT2D eigenvalue weighted by Gasteiger charge is -2.16. The molecule has 2 unspecified atom stereocenters. The van der Waals surface area contributed by atoms with Crippen molar-refractivity contribution < 1.29 is 38.0 Å². The maximum absolute atomic E-state index is 13.2. The van der Waals surface area contributed by atoms with Gasteiger partial charge >= 0.3 is 0 Å². The maximum Gasteiger partial charge on any atom is 0.202 e. The number of hydrogen-bond donors (Lipinski definition) is 0. The third-order valence-corrected chi connectivity index (χ3v) is 4.38. The molecule has 2 atom stereocenters. The van der Waals surface area contributed by atoms with Gasteiger partial charge in [-0.2, -0.15) is 0 Å². The van der Waals surface area contributed by atoms with Crippen molar-refractivity contribution in [1.29, 1.82) is 0 Å². The second-order valence-electron chi connectivity index (χ2n) is 6.22. The Hall–Kier alpha value is -2.81. The summed E-state index contributed by atoms with van der Waals surface area (Å²) in [5, 5.41) is 0. The molecule has 0 aliphatic carbocycles. The molecule has 1 aliphatic heterocycles. The third kappa shape index (κ3) is 4.79. The van der Waals surface area contributed by atoms with E-state index in [0.717, 1.165) is 11.3 Å². The van der Waals surface area contributed by atoms with Crippen LogP contribution in [0.25, 0.3) is 0 Å². The topological polar surface area (TPSA) is 85.0 Å². The Balaban J connectivity index is 1.89. The van der Waals surface area contributed by atoms with Crippen LogP contribution in [-0.4, -0.2) is 53.9 Å². The van der Waals surface area contributed by atoms with Gasteiger partial charge < -0.3 is 33.2 Å². The van der Waals surface area contributed by atoms with Crippen LogP contribution in [0.15, 0.2) is 36.4 Å². The van der Waals surface area contributed by atoms with E-state index >= 15 is 0 Å². The molecule has 8 nitrogen and oxygen atoms in total. The molecule has 0 radical (unpaired) electrons. The molecule has 0 aromatic heterocycles. The molecule has 1 saturated heterocycles. The van der Waals surface area contributed by atoms with E-state index in [1.807, 2.05) is 24.3 Å². The molecule has 156 valence electrons. The highest BCUT2D eigenvalue weighted by molar-refractivity contribution is 6.06. The normalized spacial score (nSPS) is 17.5. The van der Waals surface area contributed by atoms with E-state index in [1.54, 1.807) is 19.2 Å². The summed E-state index contributed by atoms with van der Waals surface area (Å²) < 4.78 is 37.3. The van der Waals surface area contributed by atoms with Gasteiger partial charge in [-0.3, -0.25) is 4.79 Å². The van der Waals surface area contributed by atoms with Crippen molar-refractivity contribution in [2.24, 2.45) is 0 Å². The van der Waals surface area contributed by atoms with E-state index in [1.165, 1.54) is 21.3 Å². The molecule has 2 aromatic rings. The molecule has 1 aliphatic rings. The number of hydrogen-bond acceptors (Lipinski definition) is 8. The highest BCUT2D eigenvalue weighted by atomic mass is 16.7. The lowest BCUT2D eigenvalue weighted by Crippen LogP contribution is -2.15. The summed E-state index contributed by atoms with van der Waals surface area (Å²) in [5.74, 6) is 1.52. The zero-order valence-corrected chi connectivity index (χ0v) is 16.8. The van der Waals surface area contributed by atoms with E-state index < -0.39 is 6.10 Å². The van der Waals surface area contributed by atoms with Crippen LogP contribution < -0.4 is 18.9 Å². The van der Waals surface area contributed by atoms with Gasteiger partial charge in [0.2, 0.25) is 5.78 Å². The van der Waals surface area contributed by atoms with Crippen molar-refractivity contribution in [1.82, 2.24) is 0 Å². The average molecular weight is 404 g/mol. The molecule has 0 saturated carbocycles. The molecule has 2 aromatic carbocycles. The monoisotopic (exact) mass is 404 g/mol. The molecule has 0 bridgehead atoms. The molecule has 0 N–H and O–H groups in total. The number of carbonyl (C=O) groups excluding carboxylic acids is 1. The highest BCUT2D eigenvalue weighted by Crippen LogP contribution is 2.45. The molecule has 8 heteroatoms. The van der Waals surface area contributed by atoms with Gasteiger partial charge in [-0.15, -0.1) is 0 Å². The predicted molar refractivity (Wildman–Crippen MR) is 103 cm³/mol. The first kappa shape index (κ1) is 20.9. The Morgan fingerprint density at radius 3 is 1.90 bits per heavy atom. The minimum atomic E-state index is -0.647. The standard InChI is InChI=1S/C21H24O8/c1-23-11-27-16-9-15(26-4)10-17(28-12-24-2)18(16)19(22)21-20(29-21)13-5-7-14(25-3)8-6-13/h5-10,20-21H,11-12H2,1-4H3. The van der Waals surface area contributed by atoms with Crippen LogP contribution in [0.2, 0.25) is 0 Å². The fraction of sp³-hybridized carbons (Fsp3) is 0.381. The van der Waals surface area contributed by atoms with E-state index in [4.69, 9.17) is 33.2 Å². The summed E-state index contributed by atoms with van der Waals surface area (Å²) >= 11 is 0. The number of ketones is 1. The minimum Gasteiger partial charge on any atom is -0.497 e. The van der Waals surface area contributed by atoms with Gasteiger partial charge in [-0.05, 0) is 17.7 Å².